The van der Waals surface area contributed by atoms with E-state index in [-0.39, 0.29) is 6.10 Å². The summed E-state index contributed by atoms with van der Waals surface area (Å²) in [7, 11) is 1.60. The van der Waals surface area contributed by atoms with Crippen molar-refractivity contribution >= 4 is 16.7 Å². The van der Waals surface area contributed by atoms with Gasteiger partial charge in [0.15, 0.2) is 5.82 Å². The van der Waals surface area contributed by atoms with Crippen LogP contribution in [0.25, 0.3) is 16.7 Å². The number of aromatic nitrogens is 4. The maximum atomic E-state index is 10.4. The van der Waals surface area contributed by atoms with E-state index in [0.29, 0.717) is 23.8 Å². The number of rotatable bonds is 4. The zero-order valence-electron chi connectivity index (χ0n) is 19.5. The lowest BCUT2D eigenvalue weighted by Crippen LogP contribution is -2.37. The monoisotopic (exact) mass is 449 g/mol. The summed E-state index contributed by atoms with van der Waals surface area (Å²) in [6.07, 6.45) is 6.90. The molecule has 3 aliphatic rings. The number of aryl methyl sites for hydroxylation is 1. The van der Waals surface area contributed by atoms with Crippen molar-refractivity contribution in [3.63, 3.8) is 0 Å². The second-order valence-electron chi connectivity index (χ2n) is 10.2. The van der Waals surface area contributed by atoms with Crippen LogP contribution in [0.1, 0.15) is 56.1 Å². The second kappa shape index (κ2) is 7.67. The molecule has 1 saturated carbocycles. The van der Waals surface area contributed by atoms with Gasteiger partial charge in [0, 0.05) is 18.0 Å². The first kappa shape index (κ1) is 20.9. The molecule has 8 heteroatoms. The number of hydrogen-bond acceptors (Lipinski definition) is 7. The van der Waals surface area contributed by atoms with Crippen molar-refractivity contribution in [1.82, 2.24) is 19.7 Å². The van der Waals surface area contributed by atoms with Crippen LogP contribution < -0.4 is 9.64 Å². The van der Waals surface area contributed by atoms with Crippen LogP contribution in [0, 0.1) is 6.92 Å². The summed E-state index contributed by atoms with van der Waals surface area (Å²) in [5, 5.41) is 16.2. The third-order valence-corrected chi connectivity index (χ3v) is 7.73. The summed E-state index contributed by atoms with van der Waals surface area (Å²) in [6, 6.07) is 7.19. The SMILES string of the molecule is COc1nc(N2C[C@H]3C[C@@H]2CO3)cc(-n2ncc3cc(C)c(C4CCC(C)(O)CC4)cc32)n1. The Morgan fingerprint density at radius 3 is 2.64 bits per heavy atom. The van der Waals surface area contributed by atoms with Crippen LogP contribution in [-0.4, -0.2) is 62.9 Å². The number of fused-ring (bicyclic) bond motifs is 3. The van der Waals surface area contributed by atoms with Crippen molar-refractivity contribution < 1.29 is 14.6 Å². The van der Waals surface area contributed by atoms with Gasteiger partial charge in [-0.2, -0.15) is 15.1 Å². The van der Waals surface area contributed by atoms with E-state index in [2.05, 4.69) is 33.9 Å². The fourth-order valence-electron chi connectivity index (χ4n) is 5.81. The summed E-state index contributed by atoms with van der Waals surface area (Å²) >= 11 is 0. The van der Waals surface area contributed by atoms with Crippen molar-refractivity contribution in [2.45, 2.75) is 69.6 Å². The van der Waals surface area contributed by atoms with E-state index >= 15 is 0 Å². The van der Waals surface area contributed by atoms with Gasteiger partial charge in [-0.25, -0.2) is 4.68 Å². The van der Waals surface area contributed by atoms with Gasteiger partial charge in [-0.3, -0.25) is 0 Å². The minimum Gasteiger partial charge on any atom is -0.467 e. The fraction of sp³-hybridized carbons (Fsp3) is 0.560. The summed E-state index contributed by atoms with van der Waals surface area (Å²) in [6.45, 7) is 5.72. The molecule has 3 fully saturated rings. The Balaban J connectivity index is 1.40. The summed E-state index contributed by atoms with van der Waals surface area (Å²) < 4.78 is 13.1. The first-order valence-electron chi connectivity index (χ1n) is 11.9. The van der Waals surface area contributed by atoms with Gasteiger partial charge in [0.2, 0.25) is 0 Å². The van der Waals surface area contributed by atoms with Crippen LogP contribution >= 0.6 is 0 Å². The molecule has 33 heavy (non-hydrogen) atoms. The Kier molecular flexibility index (Phi) is 4.85. The number of morpholine rings is 1. The molecule has 2 atom stereocenters. The lowest BCUT2D eigenvalue weighted by Gasteiger charge is -2.34. The molecule has 2 saturated heterocycles. The molecule has 6 rings (SSSR count). The molecule has 2 aromatic heterocycles. The van der Waals surface area contributed by atoms with Gasteiger partial charge < -0.3 is 19.5 Å². The Morgan fingerprint density at radius 1 is 1.15 bits per heavy atom. The predicted octanol–water partition coefficient (Wildman–Crippen LogP) is 3.52. The molecule has 4 heterocycles. The fourth-order valence-corrected chi connectivity index (χ4v) is 5.81. The Labute approximate surface area is 193 Å². The van der Waals surface area contributed by atoms with Crippen molar-refractivity contribution in [3.8, 4) is 11.8 Å². The molecule has 2 bridgehead atoms. The first-order valence-corrected chi connectivity index (χ1v) is 11.9. The second-order valence-corrected chi connectivity index (χ2v) is 10.2. The predicted molar refractivity (Wildman–Crippen MR) is 125 cm³/mol. The van der Waals surface area contributed by atoms with Crippen LogP contribution in [0.4, 0.5) is 5.82 Å². The minimum absolute atomic E-state index is 0.284. The number of anilines is 1. The lowest BCUT2D eigenvalue weighted by atomic mass is 9.76. The number of benzene rings is 1. The van der Waals surface area contributed by atoms with E-state index in [4.69, 9.17) is 14.6 Å². The quantitative estimate of drug-likeness (QED) is 0.652. The highest BCUT2D eigenvalue weighted by atomic mass is 16.5. The van der Waals surface area contributed by atoms with Gasteiger partial charge in [-0.15, -0.1) is 0 Å². The minimum atomic E-state index is -0.537. The standard InChI is InChI=1S/C25H31N5O3/c1-15-8-17-12-26-30(21(17)10-20(15)16-4-6-25(2,31)7-5-16)23-11-22(27-24(28-23)32-3)29-13-19-9-18(29)14-33-19/h8,10-12,16,18-19,31H,4-7,9,13-14H2,1-3H3/t16?,18-,19-,25?/m1/s1. The number of hydrogen-bond donors (Lipinski definition) is 1. The van der Waals surface area contributed by atoms with Gasteiger partial charge in [0.05, 0.1) is 43.2 Å². The van der Waals surface area contributed by atoms with Gasteiger partial charge in [0.1, 0.15) is 5.82 Å². The third kappa shape index (κ3) is 3.65. The van der Waals surface area contributed by atoms with Crippen LogP contribution in [0.3, 0.4) is 0 Å². The van der Waals surface area contributed by atoms with Crippen LogP contribution in [0.5, 0.6) is 6.01 Å². The molecule has 1 aliphatic carbocycles. The Hall–Kier alpha value is -2.71. The van der Waals surface area contributed by atoms with Crippen LogP contribution in [0.15, 0.2) is 24.4 Å². The average molecular weight is 450 g/mol. The maximum Gasteiger partial charge on any atom is 0.320 e. The highest BCUT2D eigenvalue weighted by molar-refractivity contribution is 5.82. The molecule has 2 aliphatic heterocycles. The van der Waals surface area contributed by atoms with Crippen LogP contribution in [0.2, 0.25) is 0 Å². The highest BCUT2D eigenvalue weighted by Crippen LogP contribution is 2.40. The normalized spacial score (nSPS) is 29.2. The molecule has 8 nitrogen and oxygen atoms in total. The van der Waals surface area contributed by atoms with E-state index < -0.39 is 5.60 Å². The molecule has 1 N–H and O–H groups in total. The van der Waals surface area contributed by atoms with E-state index in [0.717, 1.165) is 62.0 Å². The average Bonchev–Trinajstić information content (AvgIpc) is 3.54. The number of methoxy groups -OCH3 is 1. The molecule has 0 spiro atoms. The van der Waals surface area contributed by atoms with Crippen molar-refractivity contribution in [2.75, 3.05) is 25.2 Å². The molecule has 0 amide bonds. The summed E-state index contributed by atoms with van der Waals surface area (Å²) in [4.78, 5) is 11.6. The van der Waals surface area contributed by atoms with Crippen molar-refractivity contribution in [2.24, 2.45) is 0 Å². The third-order valence-electron chi connectivity index (χ3n) is 7.73. The molecule has 0 radical (unpaired) electrons. The Morgan fingerprint density at radius 2 is 1.94 bits per heavy atom. The molecule has 3 aromatic rings. The topological polar surface area (TPSA) is 85.5 Å². The molecule has 1 aromatic carbocycles. The van der Waals surface area contributed by atoms with Gasteiger partial charge in [0.25, 0.3) is 0 Å². The zero-order valence-corrected chi connectivity index (χ0v) is 19.5. The van der Waals surface area contributed by atoms with Crippen LogP contribution in [-0.2, 0) is 4.74 Å². The zero-order chi connectivity index (χ0) is 22.7. The van der Waals surface area contributed by atoms with Gasteiger partial charge in [-0.05, 0) is 75.1 Å². The van der Waals surface area contributed by atoms with Crippen molar-refractivity contribution in [1.29, 1.82) is 0 Å². The maximum absolute atomic E-state index is 10.4. The number of nitrogens with zero attached hydrogens (tertiary/aromatic N) is 5. The summed E-state index contributed by atoms with van der Waals surface area (Å²) in [5.41, 5.74) is 3.12. The molecular weight excluding hydrogens is 418 g/mol. The highest BCUT2D eigenvalue weighted by Gasteiger charge is 2.40. The first-order chi connectivity index (χ1) is 15.9. The molecular formula is C25H31N5O3. The number of ether oxygens (including phenoxy) is 2. The van der Waals surface area contributed by atoms with Gasteiger partial charge >= 0.3 is 6.01 Å². The summed E-state index contributed by atoms with van der Waals surface area (Å²) in [5.74, 6) is 2.02. The van der Waals surface area contributed by atoms with E-state index in [1.165, 1.54) is 11.1 Å². The largest absolute Gasteiger partial charge is 0.467 e. The van der Waals surface area contributed by atoms with Crippen molar-refractivity contribution in [3.05, 3.63) is 35.5 Å². The van der Waals surface area contributed by atoms with E-state index in [1.807, 2.05) is 23.9 Å². The smallest absolute Gasteiger partial charge is 0.320 e. The van der Waals surface area contributed by atoms with Gasteiger partial charge in [-0.1, -0.05) is 0 Å². The van der Waals surface area contributed by atoms with E-state index in [1.54, 1.807) is 7.11 Å². The number of aliphatic hydroxyl groups is 1. The molecule has 0 unspecified atom stereocenters. The lowest BCUT2D eigenvalue weighted by molar-refractivity contribution is 0.0171. The molecule has 174 valence electrons. The Bertz CT molecular complexity index is 1200. The van der Waals surface area contributed by atoms with E-state index in [9.17, 15) is 5.11 Å².